The standard InChI is InChI=1S/C42H44N4O6S3/c1-3-34(36(52-53)25-43-42(47)51-27-28-8-5-4-6-9-28)44-30-14-17-37-39(22-30)54-38-11-7-10-33(41(38)55-37)35-23-31(46-18-20-49-21-19-46)24-40(45-35)50-26-29-12-15-32(48-2)16-13-29/h4-17,22-24,34,36,44,53H,3,18-21,25-27H2,1-2H3,(H,43,47). The molecule has 286 valence electrons. The summed E-state index contributed by atoms with van der Waals surface area (Å²) >= 11 is 7.64. The maximum atomic E-state index is 12.4. The Balaban J connectivity index is 1.05. The molecule has 5 aromatic rings. The number of aromatic nitrogens is 1. The zero-order valence-corrected chi connectivity index (χ0v) is 33.3. The molecule has 0 saturated carbocycles. The summed E-state index contributed by atoms with van der Waals surface area (Å²) < 4.78 is 28.2. The molecular formula is C42H44N4O6S3. The van der Waals surface area contributed by atoms with E-state index in [-0.39, 0.29) is 19.2 Å². The van der Waals surface area contributed by atoms with Crippen molar-refractivity contribution in [1.29, 1.82) is 0 Å². The highest BCUT2D eigenvalue weighted by molar-refractivity contribution is 8.05. The van der Waals surface area contributed by atoms with Crippen LogP contribution in [0.2, 0.25) is 0 Å². The van der Waals surface area contributed by atoms with Crippen molar-refractivity contribution >= 4 is 53.9 Å². The highest BCUT2D eigenvalue weighted by Crippen LogP contribution is 2.52. The third kappa shape index (κ3) is 10.0. The van der Waals surface area contributed by atoms with E-state index in [4.69, 9.17) is 28.1 Å². The number of benzene rings is 4. The SMILES string of the molecule is CCC(Nc1ccc2c(c1)Sc1cccc(-c3cc(N4CCOCC4)cc(OCc4ccc(OC)cc4)n3)c1S2)C(CNC(=O)OCc1ccccc1)OS. The quantitative estimate of drug-likeness (QED) is 0.0685. The summed E-state index contributed by atoms with van der Waals surface area (Å²) in [5.41, 5.74) is 5.89. The maximum Gasteiger partial charge on any atom is 0.407 e. The molecule has 0 spiro atoms. The Bertz CT molecular complexity index is 2050. The van der Waals surface area contributed by atoms with Gasteiger partial charge in [-0.2, -0.15) is 0 Å². The van der Waals surface area contributed by atoms with Crippen LogP contribution in [0.3, 0.4) is 0 Å². The van der Waals surface area contributed by atoms with Crippen molar-refractivity contribution in [2.24, 2.45) is 0 Å². The molecule has 2 atom stereocenters. The summed E-state index contributed by atoms with van der Waals surface area (Å²) in [7, 11) is 1.66. The van der Waals surface area contributed by atoms with Crippen LogP contribution in [0, 0.1) is 0 Å². The first kappa shape index (κ1) is 38.7. The Kier molecular flexibility index (Phi) is 13.3. The summed E-state index contributed by atoms with van der Waals surface area (Å²) in [4.78, 5) is 24.4. The van der Waals surface area contributed by atoms with E-state index in [0.29, 0.717) is 25.7 Å². The number of carbonyl (C=O) groups excluding carboxylic acids is 1. The van der Waals surface area contributed by atoms with Gasteiger partial charge in [0, 0.05) is 55.7 Å². The van der Waals surface area contributed by atoms with Crippen LogP contribution in [0.1, 0.15) is 24.5 Å². The highest BCUT2D eigenvalue weighted by atomic mass is 32.2. The molecule has 0 aliphatic carbocycles. The second-order valence-electron chi connectivity index (χ2n) is 13.0. The molecule has 13 heteroatoms. The third-order valence-electron chi connectivity index (χ3n) is 9.38. The number of thiol groups is 1. The van der Waals surface area contributed by atoms with Crippen molar-refractivity contribution in [1.82, 2.24) is 10.3 Å². The van der Waals surface area contributed by atoms with Gasteiger partial charge in [0.1, 0.15) is 25.1 Å². The number of pyridine rings is 1. The van der Waals surface area contributed by atoms with Gasteiger partial charge in [0.15, 0.2) is 0 Å². The number of anilines is 2. The number of alkyl carbamates (subject to hydrolysis) is 1. The van der Waals surface area contributed by atoms with Crippen LogP contribution in [-0.2, 0) is 26.9 Å². The summed E-state index contributed by atoms with van der Waals surface area (Å²) in [6.45, 7) is 5.88. The number of carbonyl (C=O) groups is 1. The third-order valence-corrected chi connectivity index (χ3v) is 12.2. The van der Waals surface area contributed by atoms with Gasteiger partial charge in [-0.15, -0.1) is 0 Å². The van der Waals surface area contributed by atoms with Gasteiger partial charge in [0.2, 0.25) is 5.88 Å². The first-order valence-corrected chi connectivity index (χ1v) is 20.2. The van der Waals surface area contributed by atoms with E-state index in [1.54, 1.807) is 30.6 Å². The van der Waals surface area contributed by atoms with Crippen molar-refractivity contribution in [2.75, 3.05) is 50.2 Å². The van der Waals surface area contributed by atoms with Crippen LogP contribution in [0.4, 0.5) is 16.2 Å². The number of nitrogens with zero attached hydrogens (tertiary/aromatic N) is 2. The number of hydrogen-bond donors (Lipinski definition) is 3. The van der Waals surface area contributed by atoms with Crippen molar-refractivity contribution < 1.29 is 27.9 Å². The zero-order valence-electron chi connectivity index (χ0n) is 30.7. The van der Waals surface area contributed by atoms with Crippen LogP contribution in [0.5, 0.6) is 11.6 Å². The lowest BCUT2D eigenvalue weighted by Gasteiger charge is -2.29. The van der Waals surface area contributed by atoms with E-state index in [1.165, 1.54) is 0 Å². The molecule has 2 N–H and O–H groups in total. The second kappa shape index (κ2) is 18.9. The van der Waals surface area contributed by atoms with E-state index in [0.717, 1.165) is 78.6 Å². The molecule has 1 saturated heterocycles. The number of hydrogen-bond acceptors (Lipinski definition) is 12. The van der Waals surface area contributed by atoms with Crippen LogP contribution in [-0.4, -0.2) is 63.2 Å². The molecular weight excluding hydrogens is 753 g/mol. The summed E-state index contributed by atoms with van der Waals surface area (Å²) in [5.74, 6) is 1.38. The van der Waals surface area contributed by atoms with Gasteiger partial charge >= 0.3 is 6.09 Å². The predicted molar refractivity (Wildman–Crippen MR) is 221 cm³/mol. The first-order valence-electron chi connectivity index (χ1n) is 18.2. The average Bonchev–Trinajstić information content (AvgIpc) is 3.24. The Hall–Kier alpha value is -4.53. The molecule has 4 aromatic carbocycles. The lowest BCUT2D eigenvalue weighted by atomic mass is 10.1. The molecule has 2 aliphatic heterocycles. The summed E-state index contributed by atoms with van der Waals surface area (Å²) in [6, 6.07) is 34.3. The monoisotopic (exact) mass is 796 g/mol. The molecule has 2 unspecified atom stereocenters. The van der Waals surface area contributed by atoms with Gasteiger partial charge in [-0.1, -0.05) is 85.0 Å². The minimum absolute atomic E-state index is 0.115. The van der Waals surface area contributed by atoms with E-state index >= 15 is 0 Å². The highest BCUT2D eigenvalue weighted by Gasteiger charge is 2.25. The van der Waals surface area contributed by atoms with Crippen LogP contribution in [0.15, 0.2) is 123 Å². The van der Waals surface area contributed by atoms with Gasteiger partial charge in [0.05, 0.1) is 38.6 Å². The second-order valence-corrected chi connectivity index (χ2v) is 15.4. The number of nitrogens with one attached hydrogen (secondary N) is 2. The fourth-order valence-corrected chi connectivity index (χ4v) is 8.99. The normalized spacial score (nSPS) is 14.6. The van der Waals surface area contributed by atoms with Crippen molar-refractivity contribution in [3.8, 4) is 22.9 Å². The number of morpholine rings is 1. The smallest absolute Gasteiger partial charge is 0.407 e. The van der Waals surface area contributed by atoms with Crippen LogP contribution in [0.25, 0.3) is 11.3 Å². The van der Waals surface area contributed by atoms with E-state index < -0.39 is 12.2 Å². The fourth-order valence-electron chi connectivity index (χ4n) is 6.36. The average molecular weight is 797 g/mol. The molecule has 2 aliphatic rings. The van der Waals surface area contributed by atoms with Gasteiger partial charge < -0.3 is 38.7 Å². The minimum Gasteiger partial charge on any atom is -0.497 e. The van der Waals surface area contributed by atoms with Crippen molar-refractivity contribution in [3.05, 3.63) is 114 Å². The largest absolute Gasteiger partial charge is 0.497 e. The van der Waals surface area contributed by atoms with Gasteiger partial charge in [-0.25, -0.2) is 9.78 Å². The molecule has 1 aromatic heterocycles. The fraction of sp³-hybridized carbons (Fsp3) is 0.286. The van der Waals surface area contributed by atoms with Crippen molar-refractivity contribution in [3.63, 3.8) is 0 Å². The molecule has 0 bridgehead atoms. The zero-order chi connectivity index (χ0) is 38.0. The van der Waals surface area contributed by atoms with E-state index in [1.807, 2.05) is 60.7 Å². The Labute approximate surface area is 336 Å². The first-order chi connectivity index (χ1) is 27.0. The van der Waals surface area contributed by atoms with Crippen LogP contribution >= 0.6 is 36.4 Å². The Morgan fingerprint density at radius 2 is 1.69 bits per heavy atom. The lowest BCUT2D eigenvalue weighted by Crippen LogP contribution is -2.43. The van der Waals surface area contributed by atoms with Crippen molar-refractivity contribution in [2.45, 2.75) is 58.3 Å². The van der Waals surface area contributed by atoms with E-state index in [2.05, 4.69) is 77.8 Å². The molecule has 55 heavy (non-hydrogen) atoms. The number of methoxy groups -OCH3 is 1. The maximum absolute atomic E-state index is 12.4. The molecule has 1 fully saturated rings. The van der Waals surface area contributed by atoms with Gasteiger partial charge in [0.25, 0.3) is 0 Å². The Morgan fingerprint density at radius 1 is 0.891 bits per heavy atom. The predicted octanol–water partition coefficient (Wildman–Crippen LogP) is 9.14. The van der Waals surface area contributed by atoms with E-state index in [9.17, 15) is 4.79 Å². The molecule has 1 amide bonds. The minimum atomic E-state index is -0.505. The number of fused-ring (bicyclic) bond motifs is 2. The summed E-state index contributed by atoms with van der Waals surface area (Å²) in [5, 5.41) is 6.43. The van der Waals surface area contributed by atoms with Gasteiger partial charge in [-0.05, 0) is 72.9 Å². The molecule has 3 heterocycles. The number of rotatable bonds is 15. The molecule has 0 radical (unpaired) electrons. The summed E-state index contributed by atoms with van der Waals surface area (Å²) in [6.07, 6.45) is -0.154. The van der Waals surface area contributed by atoms with Gasteiger partial charge in [-0.3, -0.25) is 0 Å². The van der Waals surface area contributed by atoms with Crippen LogP contribution < -0.4 is 25.0 Å². The lowest BCUT2D eigenvalue weighted by molar-refractivity contribution is 0.122. The number of amides is 1. The molecule has 10 nitrogen and oxygen atoms in total. The topological polar surface area (TPSA) is 103 Å². The Morgan fingerprint density at radius 3 is 2.45 bits per heavy atom. The number of ether oxygens (including phenoxy) is 4. The molecule has 7 rings (SSSR count).